The van der Waals surface area contributed by atoms with Crippen molar-refractivity contribution in [2.75, 3.05) is 25.5 Å². The van der Waals surface area contributed by atoms with E-state index in [1.807, 2.05) is 4.90 Å². The molecule has 1 aliphatic carbocycles. The number of carbonyl (C=O) groups is 1. The molecule has 1 N–H and O–H groups in total. The highest BCUT2D eigenvalue weighted by Crippen LogP contribution is 2.31. The van der Waals surface area contributed by atoms with E-state index in [-0.39, 0.29) is 11.3 Å². The lowest BCUT2D eigenvalue weighted by molar-refractivity contribution is -0.136. The van der Waals surface area contributed by atoms with Crippen LogP contribution in [0.4, 0.5) is 5.82 Å². The number of aliphatic carboxylic acids is 1. The zero-order chi connectivity index (χ0) is 15.6. The van der Waals surface area contributed by atoms with E-state index in [9.17, 15) is 13.2 Å². The van der Waals surface area contributed by atoms with Gasteiger partial charge in [0, 0.05) is 32.9 Å². The summed E-state index contributed by atoms with van der Waals surface area (Å²) in [5.74, 6) is -0.232. The molecule has 21 heavy (non-hydrogen) atoms. The number of sulfonamides is 1. The van der Waals surface area contributed by atoms with E-state index < -0.39 is 16.0 Å². The SMILES string of the molecule is CN(C)S(=O)(=O)c1ccc(N(CCC(=O)O)C2CC2)nc1. The Morgan fingerprint density at radius 2 is 2.05 bits per heavy atom. The lowest BCUT2D eigenvalue weighted by Gasteiger charge is -2.23. The number of rotatable bonds is 7. The van der Waals surface area contributed by atoms with Crippen molar-refractivity contribution in [3.05, 3.63) is 18.3 Å². The molecule has 0 unspecified atom stereocenters. The highest BCUT2D eigenvalue weighted by molar-refractivity contribution is 7.89. The zero-order valence-corrected chi connectivity index (χ0v) is 12.9. The summed E-state index contributed by atoms with van der Waals surface area (Å²) in [6.45, 7) is 0.382. The molecule has 8 heteroatoms. The maximum atomic E-state index is 12.0. The Hall–Kier alpha value is -1.67. The van der Waals surface area contributed by atoms with Crippen LogP contribution in [0.5, 0.6) is 0 Å². The van der Waals surface area contributed by atoms with E-state index in [1.54, 1.807) is 6.07 Å². The predicted molar refractivity (Wildman–Crippen MR) is 77.7 cm³/mol. The first-order chi connectivity index (χ1) is 9.82. The van der Waals surface area contributed by atoms with Gasteiger partial charge in [0.25, 0.3) is 0 Å². The van der Waals surface area contributed by atoms with Crippen molar-refractivity contribution in [2.24, 2.45) is 0 Å². The molecule has 0 saturated heterocycles. The number of carboxylic acid groups (broad SMARTS) is 1. The summed E-state index contributed by atoms with van der Waals surface area (Å²) < 4.78 is 25.1. The van der Waals surface area contributed by atoms with Crippen LogP contribution < -0.4 is 4.90 Å². The molecule has 1 saturated carbocycles. The van der Waals surface area contributed by atoms with Gasteiger partial charge in [-0.3, -0.25) is 4.79 Å². The molecule has 0 atom stereocenters. The zero-order valence-electron chi connectivity index (χ0n) is 12.1. The number of carboxylic acids is 1. The monoisotopic (exact) mass is 313 g/mol. The lowest BCUT2D eigenvalue weighted by atomic mass is 10.3. The van der Waals surface area contributed by atoms with Crippen molar-refractivity contribution < 1.29 is 18.3 Å². The van der Waals surface area contributed by atoms with Crippen LogP contribution in [0, 0.1) is 0 Å². The Morgan fingerprint density at radius 3 is 2.48 bits per heavy atom. The Kier molecular flexibility index (Phi) is 4.48. The van der Waals surface area contributed by atoms with Crippen LogP contribution in [0.25, 0.3) is 0 Å². The van der Waals surface area contributed by atoms with Gasteiger partial charge in [0.2, 0.25) is 10.0 Å². The molecule has 0 aromatic carbocycles. The van der Waals surface area contributed by atoms with Crippen LogP contribution in [0.2, 0.25) is 0 Å². The molecule has 0 radical (unpaired) electrons. The van der Waals surface area contributed by atoms with Crippen LogP contribution in [0.15, 0.2) is 23.2 Å². The minimum absolute atomic E-state index is 0.0376. The molecule has 0 bridgehead atoms. The van der Waals surface area contributed by atoms with Gasteiger partial charge < -0.3 is 10.0 Å². The van der Waals surface area contributed by atoms with Gasteiger partial charge in [-0.15, -0.1) is 0 Å². The molecule has 1 aliphatic rings. The van der Waals surface area contributed by atoms with Gasteiger partial charge in [-0.1, -0.05) is 0 Å². The van der Waals surface area contributed by atoms with Gasteiger partial charge in [-0.25, -0.2) is 17.7 Å². The average Bonchev–Trinajstić information content (AvgIpc) is 3.23. The van der Waals surface area contributed by atoms with Gasteiger partial charge in [0.05, 0.1) is 6.42 Å². The molecule has 1 heterocycles. The Balaban J connectivity index is 2.18. The van der Waals surface area contributed by atoms with E-state index in [4.69, 9.17) is 5.11 Å². The maximum absolute atomic E-state index is 12.0. The van der Waals surface area contributed by atoms with Crippen molar-refractivity contribution in [3.63, 3.8) is 0 Å². The van der Waals surface area contributed by atoms with Crippen LogP contribution >= 0.6 is 0 Å². The van der Waals surface area contributed by atoms with E-state index in [1.165, 1.54) is 26.4 Å². The molecule has 0 aliphatic heterocycles. The van der Waals surface area contributed by atoms with E-state index >= 15 is 0 Å². The van der Waals surface area contributed by atoms with Crippen LogP contribution in [-0.4, -0.2) is 55.5 Å². The van der Waals surface area contributed by atoms with Crippen molar-refractivity contribution in [2.45, 2.75) is 30.2 Å². The van der Waals surface area contributed by atoms with Gasteiger partial charge in [-0.05, 0) is 25.0 Å². The molecule has 1 aromatic heterocycles. The van der Waals surface area contributed by atoms with E-state index in [2.05, 4.69) is 4.98 Å². The molecule has 2 rings (SSSR count). The molecule has 1 aromatic rings. The highest BCUT2D eigenvalue weighted by atomic mass is 32.2. The average molecular weight is 313 g/mol. The number of nitrogens with zero attached hydrogens (tertiary/aromatic N) is 3. The molecule has 0 spiro atoms. The topological polar surface area (TPSA) is 90.8 Å². The molecular weight excluding hydrogens is 294 g/mol. The lowest BCUT2D eigenvalue weighted by Crippen LogP contribution is -2.29. The summed E-state index contributed by atoms with van der Waals surface area (Å²) in [7, 11) is -0.562. The van der Waals surface area contributed by atoms with Crippen LogP contribution in [0.1, 0.15) is 19.3 Å². The molecule has 1 fully saturated rings. The third kappa shape index (κ3) is 3.70. The largest absolute Gasteiger partial charge is 0.481 e. The van der Waals surface area contributed by atoms with E-state index in [0.717, 1.165) is 17.1 Å². The first-order valence-corrected chi connectivity index (χ1v) is 8.13. The first kappa shape index (κ1) is 15.7. The Bertz CT molecular complexity index is 609. The standard InChI is InChI=1S/C13H19N3O4S/c1-15(2)21(19,20)11-5-6-12(14-9-11)16(10-3-4-10)8-7-13(17)18/h5-6,9-10H,3-4,7-8H2,1-2H3,(H,17,18). The van der Waals surface area contributed by atoms with Crippen LogP contribution in [-0.2, 0) is 14.8 Å². The second kappa shape index (κ2) is 5.98. The minimum atomic E-state index is -3.49. The maximum Gasteiger partial charge on any atom is 0.305 e. The summed E-state index contributed by atoms with van der Waals surface area (Å²) >= 11 is 0. The summed E-state index contributed by atoms with van der Waals surface area (Å²) in [5, 5.41) is 8.79. The number of hydrogen-bond acceptors (Lipinski definition) is 5. The summed E-state index contributed by atoms with van der Waals surface area (Å²) in [6.07, 6.45) is 3.38. The molecule has 0 amide bonds. The fourth-order valence-corrected chi connectivity index (χ4v) is 2.84. The smallest absolute Gasteiger partial charge is 0.305 e. The third-order valence-corrected chi connectivity index (χ3v) is 5.15. The second-order valence-corrected chi connectivity index (χ2v) is 7.36. The minimum Gasteiger partial charge on any atom is -0.481 e. The molecular formula is C13H19N3O4S. The van der Waals surface area contributed by atoms with Gasteiger partial charge in [0.1, 0.15) is 10.7 Å². The number of hydrogen-bond donors (Lipinski definition) is 1. The molecule has 7 nitrogen and oxygen atoms in total. The number of aromatic nitrogens is 1. The van der Waals surface area contributed by atoms with Crippen molar-refractivity contribution in [3.8, 4) is 0 Å². The fraction of sp³-hybridized carbons (Fsp3) is 0.538. The van der Waals surface area contributed by atoms with Crippen molar-refractivity contribution >= 4 is 21.8 Å². The number of anilines is 1. The van der Waals surface area contributed by atoms with Gasteiger partial charge in [-0.2, -0.15) is 0 Å². The highest BCUT2D eigenvalue weighted by Gasteiger charge is 2.30. The van der Waals surface area contributed by atoms with Crippen molar-refractivity contribution in [1.29, 1.82) is 0 Å². The Morgan fingerprint density at radius 1 is 1.38 bits per heavy atom. The number of pyridine rings is 1. The van der Waals surface area contributed by atoms with Gasteiger partial charge in [0.15, 0.2) is 0 Å². The third-order valence-electron chi connectivity index (χ3n) is 3.35. The normalized spacial score (nSPS) is 15.2. The van der Waals surface area contributed by atoms with E-state index in [0.29, 0.717) is 18.4 Å². The summed E-state index contributed by atoms with van der Waals surface area (Å²) in [4.78, 5) is 17.0. The van der Waals surface area contributed by atoms with Gasteiger partial charge >= 0.3 is 5.97 Å². The summed E-state index contributed by atoms with van der Waals surface area (Å²) in [5.41, 5.74) is 0. The first-order valence-electron chi connectivity index (χ1n) is 6.69. The molecule has 116 valence electrons. The second-order valence-electron chi connectivity index (χ2n) is 5.21. The summed E-state index contributed by atoms with van der Waals surface area (Å²) in [6, 6.07) is 3.46. The predicted octanol–water partition coefficient (Wildman–Crippen LogP) is 0.775. The Labute approximate surface area is 124 Å². The quantitative estimate of drug-likeness (QED) is 0.800. The van der Waals surface area contributed by atoms with Crippen LogP contribution in [0.3, 0.4) is 0 Å². The van der Waals surface area contributed by atoms with Crippen molar-refractivity contribution in [1.82, 2.24) is 9.29 Å². The fourth-order valence-electron chi connectivity index (χ4n) is 1.99.